The summed E-state index contributed by atoms with van der Waals surface area (Å²) in [5.74, 6) is 2.95. The van der Waals surface area contributed by atoms with Crippen molar-refractivity contribution >= 4 is 11.8 Å². The van der Waals surface area contributed by atoms with Crippen LogP contribution in [0.4, 0.5) is 0 Å². The summed E-state index contributed by atoms with van der Waals surface area (Å²) in [4.78, 5) is 4.65. The molecule has 2 aromatic carbocycles. The molecule has 0 fully saturated rings. The van der Waals surface area contributed by atoms with Gasteiger partial charge in [0.15, 0.2) is 22.5 Å². The molecule has 2 aromatic heterocycles. The van der Waals surface area contributed by atoms with Crippen LogP contribution in [0.5, 0.6) is 11.5 Å². The van der Waals surface area contributed by atoms with Crippen LogP contribution in [0.25, 0.3) is 16.9 Å². The first-order chi connectivity index (χ1) is 14.8. The minimum absolute atomic E-state index is 0.570. The van der Waals surface area contributed by atoms with E-state index in [0.29, 0.717) is 19.0 Å². The van der Waals surface area contributed by atoms with Gasteiger partial charge in [0.25, 0.3) is 0 Å². The number of rotatable bonds is 6. The fourth-order valence-corrected chi connectivity index (χ4v) is 4.36. The lowest BCUT2D eigenvalue weighted by atomic mass is 10.1. The predicted molar refractivity (Wildman–Crippen MR) is 113 cm³/mol. The van der Waals surface area contributed by atoms with Crippen molar-refractivity contribution in [3.05, 3.63) is 60.6 Å². The number of imidazole rings is 1. The van der Waals surface area contributed by atoms with E-state index in [1.54, 1.807) is 16.4 Å². The van der Waals surface area contributed by atoms with Crippen molar-refractivity contribution in [1.29, 1.82) is 0 Å². The van der Waals surface area contributed by atoms with E-state index in [1.165, 1.54) is 0 Å². The lowest BCUT2D eigenvalue weighted by Gasteiger charge is -2.19. The summed E-state index contributed by atoms with van der Waals surface area (Å²) in [6.45, 7) is 4.07. The summed E-state index contributed by atoms with van der Waals surface area (Å²) in [6, 6.07) is 15.9. The molecule has 5 rings (SSSR count). The molecule has 1 aliphatic heterocycles. The third-order valence-electron chi connectivity index (χ3n) is 4.84. The van der Waals surface area contributed by atoms with Crippen molar-refractivity contribution in [3.8, 4) is 28.4 Å². The Labute approximate surface area is 177 Å². The van der Waals surface area contributed by atoms with Crippen LogP contribution in [0.3, 0.4) is 0 Å². The maximum atomic E-state index is 5.73. The smallest absolute Gasteiger partial charge is 0.168 e. The zero-order valence-electron chi connectivity index (χ0n) is 16.4. The van der Waals surface area contributed by atoms with Crippen molar-refractivity contribution in [1.82, 2.24) is 29.8 Å². The Hall–Kier alpha value is -3.33. The lowest BCUT2D eigenvalue weighted by Crippen LogP contribution is -2.15. The number of hydrogen-bond donors (Lipinski definition) is 0. The van der Waals surface area contributed by atoms with E-state index in [0.717, 1.165) is 46.0 Å². The molecule has 152 valence electrons. The number of hydrogen-bond acceptors (Lipinski definition) is 7. The molecule has 0 amide bonds. The SMILES string of the molecule is CCn1c(-c2ccc3c(c2)OCCO3)cnc1SCc1nnnn1-c1ccccc1. The molecular weight excluding hydrogens is 400 g/mol. The van der Waals surface area contributed by atoms with E-state index in [4.69, 9.17) is 9.47 Å². The fraction of sp³-hybridized carbons (Fsp3) is 0.238. The molecule has 0 unspecified atom stereocenters. The molecule has 3 heterocycles. The zero-order chi connectivity index (χ0) is 20.3. The number of thioether (sulfide) groups is 1. The van der Waals surface area contributed by atoms with E-state index >= 15 is 0 Å². The van der Waals surface area contributed by atoms with Crippen molar-refractivity contribution in [2.45, 2.75) is 24.4 Å². The summed E-state index contributed by atoms with van der Waals surface area (Å²) in [6.07, 6.45) is 1.90. The molecule has 0 N–H and O–H groups in total. The van der Waals surface area contributed by atoms with Crippen LogP contribution in [-0.4, -0.2) is 43.0 Å². The van der Waals surface area contributed by atoms with Crippen LogP contribution < -0.4 is 9.47 Å². The Balaban J connectivity index is 1.39. The van der Waals surface area contributed by atoms with Crippen molar-refractivity contribution in [2.75, 3.05) is 13.2 Å². The normalized spacial score (nSPS) is 12.8. The summed E-state index contributed by atoms with van der Waals surface area (Å²) in [5, 5.41) is 13.1. The van der Waals surface area contributed by atoms with Crippen LogP contribution in [0, 0.1) is 0 Å². The van der Waals surface area contributed by atoms with Crippen molar-refractivity contribution in [3.63, 3.8) is 0 Å². The van der Waals surface area contributed by atoms with Crippen LogP contribution in [0.15, 0.2) is 59.9 Å². The van der Waals surface area contributed by atoms with Gasteiger partial charge >= 0.3 is 0 Å². The summed E-state index contributed by atoms with van der Waals surface area (Å²) < 4.78 is 15.3. The monoisotopic (exact) mass is 420 g/mol. The number of fused-ring (bicyclic) bond motifs is 1. The molecule has 0 bridgehead atoms. The number of para-hydroxylation sites is 1. The molecule has 1 aliphatic rings. The summed E-state index contributed by atoms with van der Waals surface area (Å²) >= 11 is 1.62. The largest absolute Gasteiger partial charge is 0.486 e. The average molecular weight is 420 g/mol. The lowest BCUT2D eigenvalue weighted by molar-refractivity contribution is 0.171. The maximum absolute atomic E-state index is 5.73. The van der Waals surface area contributed by atoms with E-state index in [9.17, 15) is 0 Å². The van der Waals surface area contributed by atoms with Gasteiger partial charge in [0, 0.05) is 12.1 Å². The van der Waals surface area contributed by atoms with Gasteiger partial charge in [-0.3, -0.25) is 0 Å². The standard InChI is InChI=1S/C21H20N6O2S/c1-2-26-17(15-8-9-18-19(12-15)29-11-10-28-18)13-22-21(26)30-14-20-23-24-25-27(20)16-6-4-3-5-7-16/h3-9,12-13H,2,10-11,14H2,1H3. The molecule has 9 heteroatoms. The Morgan fingerprint density at radius 2 is 1.87 bits per heavy atom. The van der Waals surface area contributed by atoms with Crippen LogP contribution in [0.1, 0.15) is 12.7 Å². The van der Waals surface area contributed by atoms with Gasteiger partial charge in [0.2, 0.25) is 0 Å². The molecule has 8 nitrogen and oxygen atoms in total. The quantitative estimate of drug-likeness (QED) is 0.441. The molecule has 0 atom stereocenters. The predicted octanol–water partition coefficient (Wildman–Crippen LogP) is 3.61. The molecule has 0 radical (unpaired) electrons. The highest BCUT2D eigenvalue weighted by molar-refractivity contribution is 7.98. The highest BCUT2D eigenvalue weighted by Gasteiger charge is 2.17. The van der Waals surface area contributed by atoms with Gasteiger partial charge in [0.05, 0.1) is 23.3 Å². The Bertz CT molecular complexity index is 1160. The second-order valence-corrected chi connectivity index (χ2v) is 7.60. The van der Waals surface area contributed by atoms with E-state index in [1.807, 2.05) is 54.7 Å². The van der Waals surface area contributed by atoms with Gasteiger partial charge in [-0.2, -0.15) is 4.68 Å². The molecule has 0 spiro atoms. The van der Waals surface area contributed by atoms with Crippen molar-refractivity contribution in [2.24, 2.45) is 0 Å². The third-order valence-corrected chi connectivity index (χ3v) is 5.82. The first kappa shape index (κ1) is 18.7. The molecule has 0 aliphatic carbocycles. The van der Waals surface area contributed by atoms with Crippen molar-refractivity contribution < 1.29 is 9.47 Å². The maximum Gasteiger partial charge on any atom is 0.168 e. The second kappa shape index (κ2) is 8.19. The number of ether oxygens (including phenoxy) is 2. The highest BCUT2D eigenvalue weighted by Crippen LogP contribution is 2.36. The van der Waals surface area contributed by atoms with E-state index in [2.05, 4.69) is 32.0 Å². The number of aromatic nitrogens is 6. The van der Waals surface area contributed by atoms with Gasteiger partial charge in [-0.05, 0) is 47.7 Å². The summed E-state index contributed by atoms with van der Waals surface area (Å²) in [5.41, 5.74) is 3.03. The van der Waals surface area contributed by atoms with Crippen LogP contribution in [0.2, 0.25) is 0 Å². The van der Waals surface area contributed by atoms with Gasteiger partial charge < -0.3 is 14.0 Å². The number of nitrogens with zero attached hydrogens (tertiary/aromatic N) is 6. The van der Waals surface area contributed by atoms with Crippen LogP contribution in [-0.2, 0) is 12.3 Å². The Morgan fingerprint density at radius 3 is 2.70 bits per heavy atom. The number of tetrazole rings is 1. The minimum Gasteiger partial charge on any atom is -0.486 e. The molecular formula is C21H20N6O2S. The zero-order valence-corrected chi connectivity index (χ0v) is 17.2. The topological polar surface area (TPSA) is 79.9 Å². The average Bonchev–Trinajstić information content (AvgIpc) is 3.44. The molecule has 30 heavy (non-hydrogen) atoms. The Kier molecular flexibility index (Phi) is 5.10. The van der Waals surface area contributed by atoms with E-state index < -0.39 is 0 Å². The minimum atomic E-state index is 0.570. The number of benzene rings is 2. The van der Waals surface area contributed by atoms with Crippen LogP contribution >= 0.6 is 11.8 Å². The molecule has 0 saturated heterocycles. The molecule has 4 aromatic rings. The first-order valence-corrected chi connectivity index (χ1v) is 10.7. The van der Waals surface area contributed by atoms with Gasteiger partial charge in [-0.1, -0.05) is 30.0 Å². The molecule has 0 saturated carbocycles. The fourth-order valence-electron chi connectivity index (χ4n) is 3.41. The first-order valence-electron chi connectivity index (χ1n) is 9.74. The van der Waals surface area contributed by atoms with Gasteiger partial charge in [0.1, 0.15) is 13.2 Å². The van der Waals surface area contributed by atoms with Gasteiger partial charge in [-0.15, -0.1) is 5.10 Å². The third kappa shape index (κ3) is 3.52. The Morgan fingerprint density at radius 1 is 1.03 bits per heavy atom. The second-order valence-electron chi connectivity index (χ2n) is 6.66. The highest BCUT2D eigenvalue weighted by atomic mass is 32.2. The van der Waals surface area contributed by atoms with E-state index in [-0.39, 0.29) is 0 Å². The van der Waals surface area contributed by atoms with Gasteiger partial charge in [-0.25, -0.2) is 4.98 Å². The summed E-state index contributed by atoms with van der Waals surface area (Å²) in [7, 11) is 0.